The Hall–Kier alpha value is -0.800. The second-order valence-corrected chi connectivity index (χ2v) is 7.20. The molecule has 1 aromatic carbocycles. The molecule has 2 unspecified atom stereocenters. The lowest BCUT2D eigenvalue weighted by atomic mass is 9.73. The maximum absolute atomic E-state index is 13.2. The molecule has 1 N–H and O–H groups in total. The van der Waals surface area contributed by atoms with E-state index in [0.717, 1.165) is 18.8 Å². The molecule has 2 aliphatic rings. The minimum absolute atomic E-state index is 0.277. The molecule has 2 nitrogen and oxygen atoms in total. The first-order valence-corrected chi connectivity index (χ1v) is 8.38. The number of nitrogens with one attached hydrogen (secondary N) is 1. The molecule has 4 heteroatoms. The van der Waals surface area contributed by atoms with Crippen molar-refractivity contribution in [3.8, 4) is 0 Å². The number of halogens is 2. The normalized spacial score (nSPS) is 29.7. The summed E-state index contributed by atoms with van der Waals surface area (Å²) in [5.41, 5.74) is 0.873. The second-order valence-electron chi connectivity index (χ2n) is 6.79. The highest BCUT2D eigenvalue weighted by Gasteiger charge is 2.40. The van der Waals surface area contributed by atoms with Crippen molar-refractivity contribution in [1.82, 2.24) is 4.90 Å². The summed E-state index contributed by atoms with van der Waals surface area (Å²) in [7, 11) is 0. The molecule has 1 saturated carbocycles. The molecule has 1 saturated heterocycles. The van der Waals surface area contributed by atoms with E-state index < -0.39 is 0 Å². The average molecular weight is 311 g/mol. The highest BCUT2D eigenvalue weighted by molar-refractivity contribution is 6.33. The van der Waals surface area contributed by atoms with Crippen LogP contribution in [-0.2, 0) is 0 Å². The van der Waals surface area contributed by atoms with Crippen molar-refractivity contribution in [1.29, 1.82) is 0 Å². The maximum Gasteiger partial charge on any atom is 0.124 e. The first-order chi connectivity index (χ1) is 10.0. The number of hydrogen-bond donors (Lipinski definition) is 1. The van der Waals surface area contributed by atoms with Crippen molar-refractivity contribution in [2.45, 2.75) is 45.2 Å². The minimum atomic E-state index is -0.277. The molecule has 0 amide bonds. The van der Waals surface area contributed by atoms with Gasteiger partial charge in [-0.05, 0) is 56.7 Å². The minimum Gasteiger partial charge on any atom is -0.380 e. The van der Waals surface area contributed by atoms with Crippen LogP contribution < -0.4 is 5.32 Å². The third kappa shape index (κ3) is 3.19. The van der Waals surface area contributed by atoms with Gasteiger partial charge in [0.25, 0.3) is 0 Å². The number of anilines is 1. The van der Waals surface area contributed by atoms with Gasteiger partial charge in [-0.15, -0.1) is 0 Å². The second kappa shape index (κ2) is 6.13. The van der Waals surface area contributed by atoms with Crippen LogP contribution in [0.15, 0.2) is 18.2 Å². The van der Waals surface area contributed by atoms with E-state index in [2.05, 4.69) is 24.1 Å². The molecule has 2 bridgehead atoms. The van der Waals surface area contributed by atoms with Crippen molar-refractivity contribution >= 4 is 17.3 Å². The highest BCUT2D eigenvalue weighted by Crippen LogP contribution is 2.38. The first-order valence-electron chi connectivity index (χ1n) is 8.00. The van der Waals surface area contributed by atoms with Gasteiger partial charge in [0.1, 0.15) is 5.82 Å². The van der Waals surface area contributed by atoms with Crippen LogP contribution in [0.2, 0.25) is 5.02 Å². The molecule has 0 aromatic heterocycles. The molecule has 3 rings (SSSR count). The number of nitrogens with zero attached hydrogens (tertiary/aromatic N) is 1. The van der Waals surface area contributed by atoms with Crippen LogP contribution in [0.25, 0.3) is 0 Å². The van der Waals surface area contributed by atoms with Gasteiger partial charge in [0, 0.05) is 25.2 Å². The zero-order valence-corrected chi connectivity index (χ0v) is 13.5. The summed E-state index contributed by atoms with van der Waals surface area (Å²) in [6, 6.07) is 5.72. The van der Waals surface area contributed by atoms with Crippen LogP contribution in [0.4, 0.5) is 10.1 Å². The molecule has 0 radical (unpaired) electrons. The number of hydrogen-bond acceptors (Lipinski definition) is 2. The van der Waals surface area contributed by atoms with Crippen LogP contribution in [0.5, 0.6) is 0 Å². The van der Waals surface area contributed by atoms with E-state index in [4.69, 9.17) is 11.6 Å². The predicted molar refractivity (Wildman–Crippen MR) is 86.4 cm³/mol. The quantitative estimate of drug-likeness (QED) is 0.890. The summed E-state index contributed by atoms with van der Waals surface area (Å²) >= 11 is 6.17. The Balaban J connectivity index is 1.76. The first kappa shape index (κ1) is 15.1. The lowest BCUT2D eigenvalue weighted by Crippen LogP contribution is -2.56. The van der Waals surface area contributed by atoms with Gasteiger partial charge in [-0.3, -0.25) is 0 Å². The van der Waals surface area contributed by atoms with E-state index in [1.165, 1.54) is 31.4 Å². The van der Waals surface area contributed by atoms with E-state index in [9.17, 15) is 4.39 Å². The van der Waals surface area contributed by atoms with Gasteiger partial charge < -0.3 is 10.2 Å². The van der Waals surface area contributed by atoms with Crippen LogP contribution in [0.1, 0.15) is 33.1 Å². The van der Waals surface area contributed by atoms with Gasteiger partial charge in [0.15, 0.2) is 0 Å². The SMILES string of the molecule is CC(C)N1CC2CCCC(C1)C2Nc1ccc(F)cc1Cl. The van der Waals surface area contributed by atoms with Gasteiger partial charge in [0.2, 0.25) is 0 Å². The lowest BCUT2D eigenvalue weighted by molar-refractivity contribution is 0.0518. The monoisotopic (exact) mass is 310 g/mol. The molecule has 1 aromatic rings. The zero-order valence-electron chi connectivity index (χ0n) is 12.8. The van der Waals surface area contributed by atoms with Crippen molar-refractivity contribution in [3.05, 3.63) is 29.0 Å². The third-order valence-electron chi connectivity index (χ3n) is 5.09. The topological polar surface area (TPSA) is 15.3 Å². The van der Waals surface area contributed by atoms with Crippen LogP contribution in [0, 0.1) is 17.7 Å². The number of piperidine rings is 1. The fourth-order valence-electron chi connectivity index (χ4n) is 3.92. The Morgan fingerprint density at radius 3 is 2.48 bits per heavy atom. The highest BCUT2D eigenvalue weighted by atomic mass is 35.5. The fourth-order valence-corrected chi connectivity index (χ4v) is 4.14. The summed E-state index contributed by atoms with van der Waals surface area (Å²) in [5, 5.41) is 4.10. The van der Waals surface area contributed by atoms with Gasteiger partial charge in [-0.1, -0.05) is 18.0 Å². The summed E-state index contributed by atoms with van der Waals surface area (Å²) in [4.78, 5) is 2.60. The summed E-state index contributed by atoms with van der Waals surface area (Å²) < 4.78 is 13.2. The molecule has 21 heavy (non-hydrogen) atoms. The molecular weight excluding hydrogens is 287 g/mol. The van der Waals surface area contributed by atoms with Gasteiger partial charge in [-0.2, -0.15) is 0 Å². The molecular formula is C17H24ClFN2. The lowest BCUT2D eigenvalue weighted by Gasteiger charge is -2.49. The Bertz CT molecular complexity index is 492. The molecule has 1 heterocycles. The molecule has 1 aliphatic carbocycles. The van der Waals surface area contributed by atoms with Crippen LogP contribution >= 0.6 is 11.6 Å². The smallest absolute Gasteiger partial charge is 0.124 e. The van der Waals surface area contributed by atoms with Crippen molar-refractivity contribution < 1.29 is 4.39 Å². The molecule has 0 spiro atoms. The van der Waals surface area contributed by atoms with Crippen molar-refractivity contribution in [2.24, 2.45) is 11.8 Å². The summed E-state index contributed by atoms with van der Waals surface area (Å²) in [6.07, 6.45) is 3.88. The number of fused-ring (bicyclic) bond motifs is 2. The van der Waals surface area contributed by atoms with Gasteiger partial charge in [0.05, 0.1) is 10.7 Å². The van der Waals surface area contributed by atoms with Crippen molar-refractivity contribution in [3.63, 3.8) is 0 Å². The van der Waals surface area contributed by atoms with Gasteiger partial charge >= 0.3 is 0 Å². The summed E-state index contributed by atoms with van der Waals surface area (Å²) in [6.45, 7) is 6.87. The molecule has 1 aliphatic heterocycles. The van der Waals surface area contributed by atoms with Crippen LogP contribution in [-0.4, -0.2) is 30.1 Å². The van der Waals surface area contributed by atoms with E-state index in [1.54, 1.807) is 6.07 Å². The Kier molecular flexibility index (Phi) is 4.41. The fraction of sp³-hybridized carbons (Fsp3) is 0.647. The molecule has 116 valence electrons. The standard InChI is InChI=1S/C17H24ClFN2/c1-11(2)21-9-12-4-3-5-13(10-21)17(12)20-16-7-6-14(19)8-15(16)18/h6-8,11-13,17,20H,3-5,9-10H2,1-2H3. The summed E-state index contributed by atoms with van der Waals surface area (Å²) in [5.74, 6) is 1.06. The Morgan fingerprint density at radius 2 is 1.90 bits per heavy atom. The van der Waals surface area contributed by atoms with E-state index in [1.807, 2.05) is 0 Å². The van der Waals surface area contributed by atoms with E-state index in [-0.39, 0.29) is 5.82 Å². The third-order valence-corrected chi connectivity index (χ3v) is 5.40. The Labute approximate surface area is 131 Å². The van der Waals surface area contributed by atoms with Gasteiger partial charge in [-0.25, -0.2) is 4.39 Å². The van der Waals surface area contributed by atoms with Crippen LogP contribution in [0.3, 0.4) is 0 Å². The van der Waals surface area contributed by atoms with E-state index >= 15 is 0 Å². The van der Waals surface area contributed by atoms with E-state index in [0.29, 0.717) is 28.9 Å². The predicted octanol–water partition coefficient (Wildman–Crippen LogP) is 4.40. The molecule has 2 fully saturated rings. The number of likely N-dealkylation sites (tertiary alicyclic amines) is 1. The maximum atomic E-state index is 13.2. The number of rotatable bonds is 3. The zero-order chi connectivity index (χ0) is 15.0. The Morgan fingerprint density at radius 1 is 1.24 bits per heavy atom. The van der Waals surface area contributed by atoms with Crippen molar-refractivity contribution in [2.75, 3.05) is 18.4 Å². The number of benzene rings is 1. The molecule has 2 atom stereocenters. The average Bonchev–Trinajstić information content (AvgIpc) is 2.41. The largest absolute Gasteiger partial charge is 0.380 e.